The van der Waals surface area contributed by atoms with E-state index in [0.29, 0.717) is 13.0 Å². The van der Waals surface area contributed by atoms with Crippen molar-refractivity contribution in [2.24, 2.45) is 5.92 Å². The van der Waals surface area contributed by atoms with Crippen LogP contribution < -0.4 is 10.2 Å². The topological polar surface area (TPSA) is 62.3 Å². The van der Waals surface area contributed by atoms with Gasteiger partial charge in [0, 0.05) is 23.4 Å². The minimum atomic E-state index is -0.638. The van der Waals surface area contributed by atoms with Gasteiger partial charge >= 0.3 is 0 Å². The molecule has 1 aromatic carbocycles. The lowest BCUT2D eigenvalue weighted by molar-refractivity contribution is -0.132. The number of halogens is 1. The van der Waals surface area contributed by atoms with Gasteiger partial charge in [0.05, 0.1) is 11.7 Å². The van der Waals surface area contributed by atoms with Gasteiger partial charge in [-0.05, 0) is 59.1 Å². The van der Waals surface area contributed by atoms with Crippen LogP contribution in [0.1, 0.15) is 24.9 Å². The predicted molar refractivity (Wildman–Crippen MR) is 95.4 cm³/mol. The minimum absolute atomic E-state index is 0.152. The van der Waals surface area contributed by atoms with E-state index in [1.54, 1.807) is 17.3 Å². The zero-order valence-corrected chi connectivity index (χ0v) is 14.9. The number of anilines is 1. The van der Waals surface area contributed by atoms with E-state index in [9.17, 15) is 9.59 Å². The highest BCUT2D eigenvalue weighted by Crippen LogP contribution is 2.31. The molecule has 0 radical (unpaired) electrons. The van der Waals surface area contributed by atoms with Crippen LogP contribution in [0.25, 0.3) is 0 Å². The van der Waals surface area contributed by atoms with Gasteiger partial charge in [-0.2, -0.15) is 0 Å². The number of amides is 2. The first-order valence-corrected chi connectivity index (χ1v) is 8.63. The Labute approximate surface area is 149 Å². The third-order valence-corrected chi connectivity index (χ3v) is 4.90. The Morgan fingerprint density at radius 2 is 2.00 bits per heavy atom. The molecule has 2 aromatic rings. The summed E-state index contributed by atoms with van der Waals surface area (Å²) >= 11 is 3.46. The number of nitrogens with zero attached hydrogens (tertiary/aromatic N) is 2. The maximum atomic E-state index is 12.7. The van der Waals surface area contributed by atoms with Crippen LogP contribution in [0.5, 0.6) is 0 Å². The van der Waals surface area contributed by atoms with E-state index in [1.165, 1.54) is 0 Å². The molecule has 2 unspecified atom stereocenters. The molecular formula is C18H18BrN3O2. The number of carbonyl (C=O) groups excluding carboxylic acids is 2. The molecule has 6 heteroatoms. The molecule has 124 valence electrons. The third-order valence-electron chi connectivity index (χ3n) is 4.23. The molecule has 2 heterocycles. The van der Waals surface area contributed by atoms with Gasteiger partial charge in [-0.25, -0.2) is 0 Å². The Hall–Kier alpha value is -2.21. The number of hydrogen-bond donors (Lipinski definition) is 1. The minimum Gasteiger partial charge on any atom is -0.349 e. The second-order valence-corrected chi connectivity index (χ2v) is 6.65. The van der Waals surface area contributed by atoms with Gasteiger partial charge in [0.15, 0.2) is 0 Å². The van der Waals surface area contributed by atoms with Crippen molar-refractivity contribution >= 4 is 33.4 Å². The summed E-state index contributed by atoms with van der Waals surface area (Å²) in [5.41, 5.74) is 1.77. The van der Waals surface area contributed by atoms with Crippen LogP contribution in [0.3, 0.4) is 0 Å². The first kappa shape index (κ1) is 16.6. The highest BCUT2D eigenvalue weighted by Gasteiger charge is 2.38. The van der Waals surface area contributed by atoms with Crippen molar-refractivity contribution in [3.63, 3.8) is 0 Å². The molecular weight excluding hydrogens is 370 g/mol. The van der Waals surface area contributed by atoms with E-state index in [1.807, 2.05) is 43.3 Å². The molecule has 0 spiro atoms. The summed E-state index contributed by atoms with van der Waals surface area (Å²) in [6, 6.07) is 11.1. The summed E-state index contributed by atoms with van der Waals surface area (Å²) in [5, 5.41) is 2.93. The molecule has 1 aliphatic heterocycles. The molecule has 5 nitrogen and oxygen atoms in total. The molecule has 2 amide bonds. The molecule has 0 saturated carbocycles. The molecule has 24 heavy (non-hydrogen) atoms. The highest BCUT2D eigenvalue weighted by atomic mass is 79.9. The lowest BCUT2D eigenvalue weighted by Crippen LogP contribution is -2.38. The number of rotatable bonds is 4. The largest absolute Gasteiger partial charge is 0.349 e. The van der Waals surface area contributed by atoms with E-state index < -0.39 is 5.92 Å². The Bertz CT molecular complexity index is 751. The molecule has 2 atom stereocenters. The number of pyridine rings is 1. The summed E-state index contributed by atoms with van der Waals surface area (Å²) in [5.74, 6) is -1.01. The van der Waals surface area contributed by atoms with Crippen LogP contribution in [0.4, 0.5) is 5.69 Å². The fourth-order valence-corrected chi connectivity index (χ4v) is 3.38. The molecule has 1 N–H and O–H groups in total. The molecule has 1 aromatic heterocycles. The predicted octanol–water partition coefficient (Wildman–Crippen LogP) is 3.07. The van der Waals surface area contributed by atoms with Gasteiger partial charge in [0.25, 0.3) is 0 Å². The number of para-hydroxylation sites is 1. The molecule has 3 rings (SSSR count). The van der Waals surface area contributed by atoms with Crippen molar-refractivity contribution in [3.05, 3.63) is 58.8 Å². The standard InChI is InChI=1S/C18H18BrN3O2/c1-12(13-6-9-20-10-7-13)21-17(23)14-8-11-22(18(14)24)16-5-3-2-4-15(16)19/h2-7,9-10,12,14H,8,11H2,1H3,(H,21,23). The molecule has 1 fully saturated rings. The Kier molecular flexibility index (Phi) is 4.94. The Morgan fingerprint density at radius 1 is 1.29 bits per heavy atom. The maximum absolute atomic E-state index is 12.7. The zero-order chi connectivity index (χ0) is 17.1. The monoisotopic (exact) mass is 387 g/mol. The average Bonchev–Trinajstić information content (AvgIpc) is 2.97. The Balaban J connectivity index is 1.69. The zero-order valence-electron chi connectivity index (χ0n) is 13.3. The molecule has 0 aliphatic carbocycles. The van der Waals surface area contributed by atoms with Gasteiger partial charge in [0.2, 0.25) is 11.8 Å². The summed E-state index contributed by atoms with van der Waals surface area (Å²) in [6.45, 7) is 2.45. The summed E-state index contributed by atoms with van der Waals surface area (Å²) in [6.07, 6.45) is 3.90. The van der Waals surface area contributed by atoms with Crippen molar-refractivity contribution in [2.45, 2.75) is 19.4 Å². The summed E-state index contributed by atoms with van der Waals surface area (Å²) in [7, 11) is 0. The first-order valence-electron chi connectivity index (χ1n) is 7.84. The lowest BCUT2D eigenvalue weighted by atomic mass is 10.1. The molecule has 0 bridgehead atoms. The molecule has 1 saturated heterocycles. The van der Waals surface area contributed by atoms with Gasteiger partial charge < -0.3 is 10.2 Å². The van der Waals surface area contributed by atoms with E-state index in [2.05, 4.69) is 26.2 Å². The smallest absolute Gasteiger partial charge is 0.239 e. The van der Waals surface area contributed by atoms with Crippen molar-refractivity contribution < 1.29 is 9.59 Å². The highest BCUT2D eigenvalue weighted by molar-refractivity contribution is 9.10. The van der Waals surface area contributed by atoms with Crippen LogP contribution in [0.15, 0.2) is 53.3 Å². The Morgan fingerprint density at radius 3 is 2.71 bits per heavy atom. The van der Waals surface area contributed by atoms with Crippen LogP contribution in [-0.2, 0) is 9.59 Å². The first-order chi connectivity index (χ1) is 11.6. The summed E-state index contributed by atoms with van der Waals surface area (Å²) in [4.78, 5) is 30.8. The fraction of sp³-hybridized carbons (Fsp3) is 0.278. The van der Waals surface area contributed by atoms with Crippen LogP contribution >= 0.6 is 15.9 Å². The second-order valence-electron chi connectivity index (χ2n) is 5.79. The quantitative estimate of drug-likeness (QED) is 0.819. The van der Waals surface area contributed by atoms with Gasteiger partial charge in [-0.1, -0.05) is 12.1 Å². The molecule has 1 aliphatic rings. The third kappa shape index (κ3) is 3.33. The van der Waals surface area contributed by atoms with Gasteiger partial charge in [-0.15, -0.1) is 0 Å². The van der Waals surface area contributed by atoms with E-state index in [4.69, 9.17) is 0 Å². The summed E-state index contributed by atoms with van der Waals surface area (Å²) < 4.78 is 0.851. The number of benzene rings is 1. The maximum Gasteiger partial charge on any atom is 0.239 e. The number of hydrogen-bond acceptors (Lipinski definition) is 3. The number of nitrogens with one attached hydrogen (secondary N) is 1. The van der Waals surface area contributed by atoms with Crippen LogP contribution in [0, 0.1) is 5.92 Å². The van der Waals surface area contributed by atoms with Crippen LogP contribution in [-0.4, -0.2) is 23.3 Å². The normalized spacial score (nSPS) is 18.5. The van der Waals surface area contributed by atoms with Gasteiger partial charge in [0.1, 0.15) is 5.92 Å². The fourth-order valence-electron chi connectivity index (χ4n) is 2.88. The van der Waals surface area contributed by atoms with Crippen molar-refractivity contribution in [3.8, 4) is 0 Å². The average molecular weight is 388 g/mol. The van der Waals surface area contributed by atoms with Crippen molar-refractivity contribution in [1.29, 1.82) is 0 Å². The van der Waals surface area contributed by atoms with E-state index in [-0.39, 0.29) is 17.9 Å². The van der Waals surface area contributed by atoms with Crippen LogP contribution in [0.2, 0.25) is 0 Å². The number of aromatic nitrogens is 1. The van der Waals surface area contributed by atoms with Crippen molar-refractivity contribution in [2.75, 3.05) is 11.4 Å². The van der Waals surface area contributed by atoms with E-state index >= 15 is 0 Å². The lowest BCUT2D eigenvalue weighted by Gasteiger charge is -2.19. The van der Waals surface area contributed by atoms with Gasteiger partial charge in [-0.3, -0.25) is 14.6 Å². The second kappa shape index (κ2) is 7.13. The number of carbonyl (C=O) groups is 2. The SMILES string of the molecule is CC(NC(=O)C1CCN(c2ccccc2Br)C1=O)c1ccncc1. The van der Waals surface area contributed by atoms with E-state index in [0.717, 1.165) is 15.7 Å². The van der Waals surface area contributed by atoms with Crippen molar-refractivity contribution in [1.82, 2.24) is 10.3 Å².